The maximum Gasteiger partial charge on any atom is 0.249 e. The molecule has 2 amide bonds. The van der Waals surface area contributed by atoms with Crippen molar-refractivity contribution in [3.8, 4) is 22.8 Å². The van der Waals surface area contributed by atoms with Gasteiger partial charge in [-0.15, -0.1) is 0 Å². The second kappa shape index (κ2) is 13.7. The molecule has 2 bridgehead atoms. The first-order valence-electron chi connectivity index (χ1n) is 19.4. The lowest BCUT2D eigenvalue weighted by Gasteiger charge is -2.58. The highest BCUT2D eigenvalue weighted by Gasteiger charge is 2.46. The maximum absolute atomic E-state index is 16.3. The van der Waals surface area contributed by atoms with Crippen LogP contribution >= 0.6 is 0 Å². The zero-order chi connectivity index (χ0) is 38.1. The van der Waals surface area contributed by atoms with Crippen molar-refractivity contribution in [2.24, 2.45) is 5.92 Å². The van der Waals surface area contributed by atoms with Gasteiger partial charge in [0.15, 0.2) is 5.65 Å². The number of ether oxygens (including phenoxy) is 1. The molecule has 4 aliphatic heterocycles. The number of benzene rings is 3. The van der Waals surface area contributed by atoms with Crippen LogP contribution in [0, 0.1) is 11.7 Å². The first-order valence-corrected chi connectivity index (χ1v) is 19.4. The van der Waals surface area contributed by atoms with Crippen molar-refractivity contribution in [2.45, 2.75) is 68.9 Å². The molecule has 3 aromatic carbocycles. The minimum absolute atomic E-state index is 0.174. The molecule has 0 spiro atoms. The number of piperazine rings is 1. The van der Waals surface area contributed by atoms with Crippen molar-refractivity contribution < 1.29 is 23.1 Å². The fourth-order valence-electron chi connectivity index (χ4n) is 9.48. The van der Waals surface area contributed by atoms with E-state index in [1.807, 2.05) is 66.9 Å². The van der Waals surface area contributed by atoms with Gasteiger partial charge in [-0.2, -0.15) is 5.10 Å². The molecule has 6 atom stereocenters. The second-order valence-electron chi connectivity index (χ2n) is 15.7. The van der Waals surface area contributed by atoms with Gasteiger partial charge >= 0.3 is 0 Å². The number of para-hydroxylation sites is 1. The molecule has 3 N–H and O–H groups in total. The number of hydrogen-bond donors (Lipinski definition) is 2. The van der Waals surface area contributed by atoms with E-state index in [1.165, 1.54) is 6.33 Å². The van der Waals surface area contributed by atoms with Crippen LogP contribution < -0.4 is 20.7 Å². The summed E-state index contributed by atoms with van der Waals surface area (Å²) in [4.78, 5) is 37.5. The average Bonchev–Trinajstić information content (AvgIpc) is 3.78. The molecule has 5 fully saturated rings. The number of carbonyl (C=O) groups excluding carboxylic acids is 2. The Morgan fingerprint density at radius 3 is 2.39 bits per heavy atom. The van der Waals surface area contributed by atoms with Crippen LogP contribution in [-0.4, -0.2) is 78.9 Å². The van der Waals surface area contributed by atoms with Gasteiger partial charge in [-0.1, -0.05) is 18.2 Å². The molecule has 7 heterocycles. The average molecular weight is 758 g/mol. The Labute approximate surface area is 321 Å². The van der Waals surface area contributed by atoms with Crippen LogP contribution in [-0.2, 0) is 9.59 Å². The van der Waals surface area contributed by atoms with Crippen LogP contribution in [0.1, 0.15) is 50.6 Å². The van der Waals surface area contributed by atoms with Crippen molar-refractivity contribution in [3.05, 3.63) is 91.3 Å². The number of nitrogen functional groups attached to an aromatic ring is 1. The highest BCUT2D eigenvalue weighted by atomic mass is 19.1. The molecule has 6 unspecified atom stereocenters. The maximum atomic E-state index is 16.3. The van der Waals surface area contributed by atoms with Crippen molar-refractivity contribution in [3.63, 3.8) is 0 Å². The summed E-state index contributed by atoms with van der Waals surface area (Å²) >= 11 is 0. The van der Waals surface area contributed by atoms with Gasteiger partial charge in [0, 0.05) is 66.9 Å². The topological polar surface area (TPSA) is 136 Å². The number of nitrogens with one attached hydrogen (secondary N) is 1. The SMILES string of the molecule is Nc1ncnc2c1c(-c1ccc(Oc3ccccc3)cc1)nn2C1CCC(CN2CC3CC(C2)N3c2cc3cn(C4CCC(=O)NC4=O)cc3cc2F)CC1F. The zero-order valence-electron chi connectivity index (χ0n) is 30.6. The van der Waals surface area contributed by atoms with Crippen LogP contribution in [0.3, 0.4) is 0 Å². The van der Waals surface area contributed by atoms with Crippen molar-refractivity contribution in [1.82, 2.24) is 34.5 Å². The van der Waals surface area contributed by atoms with Crippen LogP contribution in [0.5, 0.6) is 11.5 Å². The number of aromatic nitrogens is 5. The number of hydrogen-bond acceptors (Lipinski definition) is 9. The fraction of sp³-hybridized carbons (Fsp3) is 0.357. The van der Waals surface area contributed by atoms with Crippen LogP contribution in [0.2, 0.25) is 0 Å². The summed E-state index contributed by atoms with van der Waals surface area (Å²) in [6, 6.07) is 19.9. The predicted octanol–water partition coefficient (Wildman–Crippen LogP) is 6.58. The van der Waals surface area contributed by atoms with E-state index in [-0.39, 0.29) is 42.1 Å². The molecule has 1 aliphatic carbocycles. The quantitative estimate of drug-likeness (QED) is 0.165. The van der Waals surface area contributed by atoms with Gasteiger partial charge in [-0.05, 0) is 86.6 Å². The number of nitrogens with two attached hydrogens (primary N) is 1. The van der Waals surface area contributed by atoms with E-state index in [4.69, 9.17) is 15.6 Å². The van der Waals surface area contributed by atoms with E-state index in [2.05, 4.69) is 25.1 Å². The Morgan fingerprint density at radius 1 is 0.893 bits per heavy atom. The molecular formula is C42H41F2N9O3. The molecule has 5 aliphatic rings. The van der Waals surface area contributed by atoms with E-state index in [0.29, 0.717) is 53.2 Å². The van der Waals surface area contributed by atoms with E-state index in [0.717, 1.165) is 54.6 Å². The number of fused-ring (bicyclic) bond motifs is 4. The van der Waals surface area contributed by atoms with E-state index < -0.39 is 18.3 Å². The number of nitrogens with zero attached hydrogens (tertiary/aromatic N) is 7. The minimum atomic E-state index is -1.12. The molecule has 14 heteroatoms. The minimum Gasteiger partial charge on any atom is -0.457 e. The highest BCUT2D eigenvalue weighted by Crippen LogP contribution is 2.43. The van der Waals surface area contributed by atoms with Gasteiger partial charge in [-0.25, -0.2) is 23.4 Å². The van der Waals surface area contributed by atoms with Crippen molar-refractivity contribution >= 4 is 45.1 Å². The van der Waals surface area contributed by atoms with E-state index in [1.54, 1.807) is 21.5 Å². The molecule has 11 rings (SSSR count). The van der Waals surface area contributed by atoms with Gasteiger partial charge in [-0.3, -0.25) is 19.8 Å². The lowest BCUT2D eigenvalue weighted by atomic mass is 9.82. The van der Waals surface area contributed by atoms with Crippen LogP contribution in [0.15, 0.2) is 85.5 Å². The Kier molecular flexibility index (Phi) is 8.46. The van der Waals surface area contributed by atoms with Crippen molar-refractivity contribution in [1.29, 1.82) is 0 Å². The number of halogens is 2. The summed E-state index contributed by atoms with van der Waals surface area (Å²) in [6.07, 6.45) is 7.51. The summed E-state index contributed by atoms with van der Waals surface area (Å²) in [5.74, 6) is 1.03. The Hall–Kier alpha value is -5.89. The number of amides is 2. The lowest BCUT2D eigenvalue weighted by Crippen LogP contribution is -2.69. The largest absolute Gasteiger partial charge is 0.457 e. The highest BCUT2D eigenvalue weighted by molar-refractivity contribution is 6.00. The monoisotopic (exact) mass is 757 g/mol. The normalized spacial score (nSPS) is 25.4. The molecule has 0 radical (unpaired) electrons. The van der Waals surface area contributed by atoms with Crippen molar-refractivity contribution in [2.75, 3.05) is 30.3 Å². The number of piperidine rings is 2. The molecule has 286 valence electrons. The van der Waals surface area contributed by atoms with E-state index in [9.17, 15) is 9.59 Å². The first-order chi connectivity index (χ1) is 27.3. The summed E-state index contributed by atoms with van der Waals surface area (Å²) < 4.78 is 41.4. The number of imide groups is 1. The third-order valence-electron chi connectivity index (χ3n) is 12.1. The van der Waals surface area contributed by atoms with Crippen LogP contribution in [0.25, 0.3) is 33.1 Å². The smallest absolute Gasteiger partial charge is 0.249 e. The standard InChI is InChI=1S/C42H41F2N9O3/c43-32-14-24(6-11-34(32)53-41-38(40(45)46-23-47-41)39(49-53)25-7-9-31(10-8-25)56-30-4-2-1-3-5-30)18-50-21-28-17-29(22-50)52(28)36-16-27-20-51(19-26(27)15-33(36)44)35-12-13-37(54)48-42(35)55/h1-5,7-10,15-16,19-20,23-24,28-29,32,34-35H,6,11-14,17-18,21-22H2,(H2,45,46,47)(H,48,54,55). The zero-order valence-corrected chi connectivity index (χ0v) is 30.6. The van der Waals surface area contributed by atoms with Crippen LogP contribution in [0.4, 0.5) is 20.3 Å². The number of carbonyl (C=O) groups is 2. The summed E-state index contributed by atoms with van der Waals surface area (Å²) in [6.45, 7) is 2.38. The number of anilines is 2. The van der Waals surface area contributed by atoms with Gasteiger partial charge < -0.3 is 19.9 Å². The third kappa shape index (κ3) is 6.12. The summed E-state index contributed by atoms with van der Waals surface area (Å²) in [7, 11) is 0. The molecule has 56 heavy (non-hydrogen) atoms. The van der Waals surface area contributed by atoms with Gasteiger partial charge in [0.2, 0.25) is 11.8 Å². The van der Waals surface area contributed by atoms with Gasteiger partial charge in [0.1, 0.15) is 47.4 Å². The number of alkyl halides is 1. The second-order valence-corrected chi connectivity index (χ2v) is 15.7. The Balaban J connectivity index is 0.800. The molecule has 4 saturated heterocycles. The molecule has 12 nitrogen and oxygen atoms in total. The summed E-state index contributed by atoms with van der Waals surface area (Å²) in [5, 5.41) is 9.52. The summed E-state index contributed by atoms with van der Waals surface area (Å²) in [5.41, 5.74) is 8.91. The molecule has 1 saturated carbocycles. The predicted molar refractivity (Wildman–Crippen MR) is 207 cm³/mol. The molecule has 6 aromatic rings. The molecular weight excluding hydrogens is 717 g/mol. The van der Waals surface area contributed by atoms with E-state index >= 15 is 8.78 Å². The Morgan fingerprint density at radius 2 is 1.64 bits per heavy atom. The van der Waals surface area contributed by atoms with Gasteiger partial charge in [0.05, 0.1) is 17.1 Å². The first kappa shape index (κ1) is 34.6. The molecule has 3 aromatic heterocycles. The Bertz CT molecular complexity index is 2460. The van der Waals surface area contributed by atoms with Gasteiger partial charge in [0.25, 0.3) is 0 Å². The fourth-order valence-corrected chi connectivity index (χ4v) is 9.48. The third-order valence-corrected chi connectivity index (χ3v) is 12.1. The number of rotatable bonds is 8. The lowest BCUT2D eigenvalue weighted by molar-refractivity contribution is -0.135.